The molecule has 0 amide bonds. The summed E-state index contributed by atoms with van der Waals surface area (Å²) in [6, 6.07) is 9.41. The first-order chi connectivity index (χ1) is 10.3. The van der Waals surface area contributed by atoms with Gasteiger partial charge in [-0.15, -0.1) is 0 Å². The van der Waals surface area contributed by atoms with Crippen molar-refractivity contribution in [3.63, 3.8) is 0 Å². The molecule has 6 heteroatoms. The summed E-state index contributed by atoms with van der Waals surface area (Å²) in [7, 11) is 1.66. The number of benzene rings is 1. The summed E-state index contributed by atoms with van der Waals surface area (Å²) in [5.41, 5.74) is 1.17. The van der Waals surface area contributed by atoms with Crippen LogP contribution in [0.2, 0.25) is 0 Å². The van der Waals surface area contributed by atoms with Gasteiger partial charge in [0.05, 0.1) is 7.11 Å². The quantitative estimate of drug-likeness (QED) is 0.808. The molecule has 0 radical (unpaired) electrons. The van der Waals surface area contributed by atoms with Gasteiger partial charge in [-0.1, -0.05) is 0 Å². The molecule has 110 valence electrons. The van der Waals surface area contributed by atoms with Crippen LogP contribution < -0.4 is 14.5 Å². The van der Waals surface area contributed by atoms with Crippen molar-refractivity contribution in [1.82, 2.24) is 9.97 Å². The molecule has 1 aliphatic heterocycles. The number of nitrogens with zero attached hydrogens (tertiary/aromatic N) is 4. The number of ether oxygens (including phenoxy) is 1. The van der Waals surface area contributed by atoms with Crippen molar-refractivity contribution in [2.75, 3.05) is 43.1 Å². The highest BCUT2D eigenvalue weighted by Crippen LogP contribution is 2.21. The lowest BCUT2D eigenvalue weighted by atomic mass is 10.2. The summed E-state index contributed by atoms with van der Waals surface area (Å²) in [5, 5.41) is 0. The topological polar surface area (TPSA) is 41.5 Å². The Morgan fingerprint density at radius 1 is 1.00 bits per heavy atom. The Hall–Kier alpha value is -2.37. The largest absolute Gasteiger partial charge is 0.497 e. The van der Waals surface area contributed by atoms with Crippen LogP contribution >= 0.6 is 0 Å². The predicted molar refractivity (Wildman–Crippen MR) is 79.4 cm³/mol. The van der Waals surface area contributed by atoms with Crippen LogP contribution in [0.3, 0.4) is 0 Å². The Morgan fingerprint density at radius 2 is 1.67 bits per heavy atom. The lowest BCUT2D eigenvalue weighted by Crippen LogP contribution is -2.46. The maximum Gasteiger partial charge on any atom is 0.218 e. The van der Waals surface area contributed by atoms with E-state index in [4.69, 9.17) is 4.74 Å². The molecule has 0 aliphatic carbocycles. The molecule has 2 heterocycles. The van der Waals surface area contributed by atoms with Gasteiger partial charge in [0.2, 0.25) is 5.95 Å². The van der Waals surface area contributed by atoms with E-state index in [0.29, 0.717) is 5.82 Å². The molecule has 1 aliphatic rings. The Bertz CT molecular complexity index is 597. The Morgan fingerprint density at radius 3 is 2.29 bits per heavy atom. The molecule has 3 rings (SSSR count). The van der Waals surface area contributed by atoms with Gasteiger partial charge in [-0.05, 0) is 24.3 Å². The van der Waals surface area contributed by atoms with Crippen LogP contribution in [0.25, 0.3) is 0 Å². The third-order valence-electron chi connectivity index (χ3n) is 3.66. The molecule has 0 atom stereocenters. The summed E-state index contributed by atoms with van der Waals surface area (Å²) in [6.45, 7) is 3.36. The molecule has 5 nitrogen and oxygen atoms in total. The van der Waals surface area contributed by atoms with Gasteiger partial charge >= 0.3 is 0 Å². The minimum absolute atomic E-state index is 0.488. The highest BCUT2D eigenvalue weighted by atomic mass is 19.1. The number of aromatic nitrogens is 2. The molecule has 0 saturated carbocycles. The second-order valence-electron chi connectivity index (χ2n) is 4.87. The first-order valence-corrected chi connectivity index (χ1v) is 6.88. The van der Waals surface area contributed by atoms with Crippen molar-refractivity contribution in [2.24, 2.45) is 0 Å². The van der Waals surface area contributed by atoms with Crippen molar-refractivity contribution >= 4 is 11.5 Å². The van der Waals surface area contributed by atoms with E-state index >= 15 is 0 Å². The van der Waals surface area contributed by atoms with Gasteiger partial charge in [0.1, 0.15) is 17.9 Å². The lowest BCUT2D eigenvalue weighted by Gasteiger charge is -2.36. The van der Waals surface area contributed by atoms with Crippen LogP contribution in [0, 0.1) is 5.95 Å². The highest BCUT2D eigenvalue weighted by Gasteiger charge is 2.18. The number of rotatable bonds is 3. The van der Waals surface area contributed by atoms with E-state index < -0.39 is 5.95 Å². The zero-order valence-corrected chi connectivity index (χ0v) is 11.9. The molecule has 0 N–H and O–H groups in total. The maximum absolute atomic E-state index is 13.1. The fourth-order valence-electron chi connectivity index (χ4n) is 2.48. The fraction of sp³-hybridized carbons (Fsp3) is 0.333. The zero-order chi connectivity index (χ0) is 14.7. The van der Waals surface area contributed by atoms with Gasteiger partial charge in [0, 0.05) is 37.9 Å². The molecule has 1 fully saturated rings. The van der Waals surface area contributed by atoms with Crippen LogP contribution in [-0.2, 0) is 0 Å². The van der Waals surface area contributed by atoms with Gasteiger partial charge in [0.15, 0.2) is 0 Å². The molecule has 1 saturated heterocycles. The molecule has 2 aromatic rings. The van der Waals surface area contributed by atoms with Crippen molar-refractivity contribution in [2.45, 2.75) is 0 Å². The van der Waals surface area contributed by atoms with Crippen molar-refractivity contribution in [1.29, 1.82) is 0 Å². The Kier molecular flexibility index (Phi) is 3.85. The zero-order valence-electron chi connectivity index (χ0n) is 11.9. The second-order valence-corrected chi connectivity index (χ2v) is 4.87. The summed E-state index contributed by atoms with van der Waals surface area (Å²) in [4.78, 5) is 12.0. The lowest BCUT2D eigenvalue weighted by molar-refractivity contribution is 0.415. The maximum atomic E-state index is 13.1. The second kappa shape index (κ2) is 5.95. The number of piperazine rings is 1. The average Bonchev–Trinajstić information content (AvgIpc) is 2.55. The third-order valence-corrected chi connectivity index (χ3v) is 3.66. The Balaban J connectivity index is 1.64. The summed E-state index contributed by atoms with van der Waals surface area (Å²) in [5.74, 6) is 1.02. The van der Waals surface area contributed by atoms with Crippen LogP contribution in [0.4, 0.5) is 15.9 Å². The van der Waals surface area contributed by atoms with Gasteiger partial charge < -0.3 is 14.5 Å². The number of methoxy groups -OCH3 is 1. The summed E-state index contributed by atoms with van der Waals surface area (Å²) in [6.07, 6.45) is 1.26. The molecule has 0 unspecified atom stereocenters. The van der Waals surface area contributed by atoms with Gasteiger partial charge in [-0.25, -0.2) is 9.97 Å². The Labute approximate surface area is 123 Å². The van der Waals surface area contributed by atoms with E-state index in [0.717, 1.165) is 31.9 Å². The highest BCUT2D eigenvalue weighted by molar-refractivity contribution is 5.51. The minimum Gasteiger partial charge on any atom is -0.497 e. The smallest absolute Gasteiger partial charge is 0.218 e. The normalized spacial score (nSPS) is 15.1. The van der Waals surface area contributed by atoms with Crippen molar-refractivity contribution < 1.29 is 9.13 Å². The number of halogens is 1. The first kappa shape index (κ1) is 13.6. The van der Waals surface area contributed by atoms with E-state index in [2.05, 4.69) is 31.9 Å². The number of hydrogen-bond donors (Lipinski definition) is 0. The summed E-state index contributed by atoms with van der Waals surface area (Å²) < 4.78 is 18.3. The molecular weight excluding hydrogens is 271 g/mol. The standard InChI is InChI=1S/C15H17FN4O/c1-21-13-4-2-12(3-5-13)19-6-8-20(9-7-19)15-10-14(16)17-11-18-15/h2-5,10-11H,6-9H2,1H3. The van der Waals surface area contributed by atoms with Crippen molar-refractivity contribution in [3.8, 4) is 5.75 Å². The minimum atomic E-state index is -0.488. The fourth-order valence-corrected chi connectivity index (χ4v) is 2.48. The van der Waals surface area contributed by atoms with E-state index in [1.807, 2.05) is 12.1 Å². The predicted octanol–water partition coefficient (Wildman–Crippen LogP) is 1.95. The van der Waals surface area contributed by atoms with Crippen LogP contribution in [0.1, 0.15) is 0 Å². The molecule has 0 spiro atoms. The van der Waals surface area contributed by atoms with Gasteiger partial charge in [0.25, 0.3) is 0 Å². The third kappa shape index (κ3) is 3.04. The van der Waals surface area contributed by atoms with Crippen LogP contribution in [0.15, 0.2) is 36.7 Å². The summed E-state index contributed by atoms with van der Waals surface area (Å²) >= 11 is 0. The SMILES string of the molecule is COc1ccc(N2CCN(c3cc(F)ncn3)CC2)cc1. The average molecular weight is 288 g/mol. The van der Waals surface area contributed by atoms with Gasteiger partial charge in [-0.2, -0.15) is 4.39 Å². The number of anilines is 2. The van der Waals surface area contributed by atoms with E-state index in [1.54, 1.807) is 7.11 Å². The van der Waals surface area contributed by atoms with E-state index in [1.165, 1.54) is 18.1 Å². The van der Waals surface area contributed by atoms with Crippen molar-refractivity contribution in [3.05, 3.63) is 42.6 Å². The van der Waals surface area contributed by atoms with E-state index in [-0.39, 0.29) is 0 Å². The molecular formula is C15H17FN4O. The molecule has 21 heavy (non-hydrogen) atoms. The van der Waals surface area contributed by atoms with E-state index in [9.17, 15) is 4.39 Å². The number of hydrogen-bond acceptors (Lipinski definition) is 5. The van der Waals surface area contributed by atoms with Gasteiger partial charge in [-0.3, -0.25) is 0 Å². The first-order valence-electron chi connectivity index (χ1n) is 6.88. The monoisotopic (exact) mass is 288 g/mol. The van der Waals surface area contributed by atoms with Crippen LogP contribution in [0.5, 0.6) is 5.75 Å². The molecule has 1 aromatic heterocycles. The molecule has 1 aromatic carbocycles. The molecule has 0 bridgehead atoms. The van der Waals surface area contributed by atoms with Crippen LogP contribution in [-0.4, -0.2) is 43.3 Å².